The van der Waals surface area contributed by atoms with E-state index >= 15 is 0 Å². The quantitative estimate of drug-likeness (QED) is 0.0763. The molecule has 10 aromatic carbocycles. The molecule has 0 fully saturated rings. The number of aromatic nitrogens is 5. The van der Waals surface area contributed by atoms with Crippen molar-refractivity contribution >= 4 is 0 Å². The highest BCUT2D eigenvalue weighted by Gasteiger charge is 2.22. The van der Waals surface area contributed by atoms with Gasteiger partial charge in [-0.05, 0) is 249 Å². The van der Waals surface area contributed by atoms with E-state index in [0.29, 0.717) is 11.1 Å². The van der Waals surface area contributed by atoms with Gasteiger partial charge in [-0.25, -0.2) is 31.6 Å². The zero-order chi connectivity index (χ0) is 103. The van der Waals surface area contributed by atoms with E-state index < -0.39 is 75.4 Å². The fraction of sp³-hybridized carbons (Fsp3) is 0.248. The van der Waals surface area contributed by atoms with E-state index in [2.05, 4.69) is 126 Å². The summed E-state index contributed by atoms with van der Waals surface area (Å²) in [5.74, 6) is -9.60. The summed E-state index contributed by atoms with van der Waals surface area (Å²) in [5, 5.41) is 0. The molecule has 5 nitrogen and oxygen atoms in total. The molecule has 0 N–H and O–H groups in total. The molecule has 15 aromatic rings. The van der Waals surface area contributed by atoms with Crippen molar-refractivity contribution in [2.45, 2.75) is 135 Å². The molecular formula is C113H124F2N5+5. The van der Waals surface area contributed by atoms with Gasteiger partial charge in [-0.3, -0.25) is 0 Å². The van der Waals surface area contributed by atoms with E-state index in [1.807, 2.05) is 240 Å². The van der Waals surface area contributed by atoms with E-state index in [-0.39, 0.29) is 30.4 Å². The molecule has 120 heavy (non-hydrogen) atoms. The SMILES string of the molecule is [2H]C([2H])([2H])C([2H])(C)Cc1cc(-c2cc[n+](C)c(-c3ccccc3C)c2)ccc1F.[2H]C([2H])([2H])C([2H])(C)Cc1ccc(-c2cc[n+](C)c(-c3ccccc3C)c2)cc1.[2H]C([2H])([2H])C([2H])(C)Cc1cccc(-c2cc[n+](C)c(-c3ccccc3C)c2)c1.[2H]C([2H])([2H])C([2H])(C)c1cc(-c2cc[n+](C)c(-c3ccccc3C)c2)ccc1F.[2H]C([2H])([2H])C([2H])(C)c1ccc(-c2cc[n+](C)c(-c3ccccc3C)c2)cc1. The number of rotatable bonds is 18. The van der Waals surface area contributed by atoms with Crippen LogP contribution in [0, 0.1) is 63.9 Å². The Morgan fingerprint density at radius 3 is 0.925 bits per heavy atom. The van der Waals surface area contributed by atoms with Crippen molar-refractivity contribution in [3.05, 3.63) is 389 Å². The summed E-state index contributed by atoms with van der Waals surface area (Å²) in [6.45, 7) is 5.23. The van der Waals surface area contributed by atoms with Crippen LogP contribution < -0.4 is 22.8 Å². The van der Waals surface area contributed by atoms with E-state index in [0.717, 1.165) is 112 Å². The van der Waals surface area contributed by atoms with Gasteiger partial charge in [0, 0.05) is 116 Å². The van der Waals surface area contributed by atoms with E-state index in [1.165, 1.54) is 86.2 Å². The lowest BCUT2D eigenvalue weighted by atomic mass is 9.96. The third-order valence-corrected chi connectivity index (χ3v) is 21.5. The van der Waals surface area contributed by atoms with Crippen molar-refractivity contribution in [1.29, 1.82) is 0 Å². The van der Waals surface area contributed by atoms with E-state index in [9.17, 15) is 8.78 Å². The van der Waals surface area contributed by atoms with Gasteiger partial charge in [0.25, 0.3) is 0 Å². The molecule has 0 spiro atoms. The minimum Gasteiger partial charge on any atom is -0.207 e. The minimum absolute atomic E-state index is 0.129. The average molecular weight is 1610 g/mol. The summed E-state index contributed by atoms with van der Waals surface area (Å²) in [6, 6.07) is 93.6. The lowest BCUT2D eigenvalue weighted by molar-refractivity contribution is -0.660. The molecular weight excluding hydrogens is 1470 g/mol. The summed E-state index contributed by atoms with van der Waals surface area (Å²) in [4.78, 5) is 0. The predicted octanol–water partition coefficient (Wildman–Crippen LogP) is 26.9. The summed E-state index contributed by atoms with van der Waals surface area (Å²) in [7, 11) is 10.0. The van der Waals surface area contributed by atoms with Crippen molar-refractivity contribution < 1.29 is 59.0 Å². The Morgan fingerprint density at radius 1 is 0.267 bits per heavy atom. The number of pyridine rings is 5. The van der Waals surface area contributed by atoms with Gasteiger partial charge in [-0.1, -0.05) is 245 Å². The summed E-state index contributed by atoms with van der Waals surface area (Å²) in [6.07, 6.45) is 10.2. The molecule has 610 valence electrons. The number of aryl methyl sites for hydroxylation is 10. The van der Waals surface area contributed by atoms with Crippen molar-refractivity contribution in [3.8, 4) is 112 Å². The minimum atomic E-state index is -2.64. The lowest BCUT2D eigenvalue weighted by Crippen LogP contribution is -2.30. The Kier molecular flexibility index (Phi) is 22.4. The first-order valence-corrected chi connectivity index (χ1v) is 40.5. The second kappa shape index (κ2) is 41.5. The fourth-order valence-electron chi connectivity index (χ4n) is 14.8. The van der Waals surface area contributed by atoms with Crippen LogP contribution in [0.3, 0.4) is 0 Å². The molecule has 0 aliphatic rings. The van der Waals surface area contributed by atoms with Gasteiger partial charge >= 0.3 is 0 Å². The van der Waals surface area contributed by atoms with Crippen LogP contribution >= 0.6 is 0 Å². The van der Waals surface area contributed by atoms with Crippen LogP contribution in [0.15, 0.2) is 322 Å². The number of hydrogen-bond acceptors (Lipinski definition) is 0. The van der Waals surface area contributed by atoms with Crippen LogP contribution in [0.2, 0.25) is 0 Å². The van der Waals surface area contributed by atoms with Crippen molar-refractivity contribution in [2.24, 2.45) is 52.9 Å². The predicted molar refractivity (Wildman–Crippen MR) is 500 cm³/mol. The van der Waals surface area contributed by atoms with Gasteiger partial charge in [-0.15, -0.1) is 0 Å². The van der Waals surface area contributed by atoms with Crippen LogP contribution in [0.4, 0.5) is 8.78 Å². The molecule has 5 atom stereocenters. The molecule has 5 heterocycles. The van der Waals surface area contributed by atoms with Crippen LogP contribution in [-0.2, 0) is 54.5 Å². The standard InChI is InChI=1S/C23H25FN.2C23H26N.C22H23FN.C22H24N/c1-16(2)13-20-14-18(9-10-22(20)24)19-11-12-25(4)23(15-19)21-8-6-5-7-17(21)3;1-17(2)14-19-9-7-10-20(15-19)21-12-13-24(4)23(16-21)22-11-6-5-8-18(22)3;1-17(2)15-19-9-11-20(12-10-19)21-13-14-24(4)23(16-21)22-8-6-5-7-18(22)3;1-15(2)20-13-17(9-10-21(20)23)18-11-12-24(4)22(14-18)19-8-6-5-7-16(19)3;1-16(2)18-9-11-19(12-10-18)20-13-14-23(4)22(15-20)21-8-6-5-7-17(21)3/h5-12,14-16H,13H2,1-4H3;5-13,15-17H,14H2,1-4H3;5-14,16-17H,15H2,1-4H3;5-15H,1-4H3;5-16H,1-4H3/q5*+1/i1D3,16D;2*1D3,17D;1D3,15D;1D3,16D. The molecule has 0 radical (unpaired) electrons. The molecule has 0 aliphatic heterocycles. The summed E-state index contributed by atoms with van der Waals surface area (Å²) >= 11 is 0. The third kappa shape index (κ3) is 23.2. The van der Waals surface area contributed by atoms with Gasteiger partial charge in [0.15, 0.2) is 31.0 Å². The maximum Gasteiger partial charge on any atom is 0.213 e. The zero-order valence-electron chi connectivity index (χ0n) is 91.7. The van der Waals surface area contributed by atoms with Gasteiger partial charge in [0.2, 0.25) is 28.5 Å². The molecule has 0 amide bonds. The molecule has 0 saturated heterocycles. The fourth-order valence-corrected chi connectivity index (χ4v) is 14.8. The Bertz CT molecular complexity index is 6890. The maximum atomic E-state index is 14.4. The molecule has 0 bridgehead atoms. The van der Waals surface area contributed by atoms with E-state index in [4.69, 9.17) is 27.4 Å². The average Bonchev–Trinajstić information content (AvgIpc) is 0.787. The maximum absolute atomic E-state index is 14.4. The molecule has 0 saturated carbocycles. The van der Waals surface area contributed by atoms with Gasteiger partial charge in [-0.2, -0.15) is 0 Å². The molecule has 5 aromatic heterocycles. The first-order chi connectivity index (χ1) is 65.3. The second-order valence-electron chi connectivity index (χ2n) is 31.2. The van der Waals surface area contributed by atoms with Crippen molar-refractivity contribution in [2.75, 3.05) is 0 Å². The largest absolute Gasteiger partial charge is 0.213 e. The van der Waals surface area contributed by atoms with Gasteiger partial charge in [0.05, 0.1) is 0 Å². The zero-order valence-corrected chi connectivity index (χ0v) is 71.7. The monoisotopic (exact) mass is 1610 g/mol. The second-order valence-corrected chi connectivity index (χ2v) is 31.2. The number of nitrogens with zero attached hydrogens (tertiary/aromatic N) is 5. The molecule has 0 aliphatic carbocycles. The topological polar surface area (TPSA) is 19.4 Å². The van der Waals surface area contributed by atoms with Gasteiger partial charge < -0.3 is 0 Å². The van der Waals surface area contributed by atoms with Crippen LogP contribution in [0.25, 0.3) is 112 Å². The highest BCUT2D eigenvalue weighted by molar-refractivity contribution is 5.76. The normalized spacial score (nSPS) is 16.5. The van der Waals surface area contributed by atoms with Crippen molar-refractivity contribution in [3.63, 3.8) is 0 Å². The third-order valence-electron chi connectivity index (χ3n) is 21.5. The van der Waals surface area contributed by atoms with Crippen LogP contribution in [-0.4, -0.2) is 0 Å². The summed E-state index contributed by atoms with van der Waals surface area (Å²) < 4.78 is 194. The molecule has 15 rings (SSSR count). The Hall–Kier alpha value is -12.2. The smallest absolute Gasteiger partial charge is 0.207 e. The Morgan fingerprint density at radius 2 is 0.567 bits per heavy atom. The molecule has 7 heteroatoms. The number of hydrogen-bond donors (Lipinski definition) is 0. The van der Waals surface area contributed by atoms with Crippen molar-refractivity contribution in [1.82, 2.24) is 0 Å². The lowest BCUT2D eigenvalue weighted by Gasteiger charge is -2.11. The van der Waals surface area contributed by atoms with Crippen LogP contribution in [0.1, 0.15) is 164 Å². The Balaban J connectivity index is 0.000000167. The highest BCUT2D eigenvalue weighted by Crippen LogP contribution is 2.35. The molecule has 5 unspecified atom stereocenters. The summed E-state index contributed by atoms with van der Waals surface area (Å²) in [5.41, 5.74) is 28.9. The van der Waals surface area contributed by atoms with E-state index in [1.54, 1.807) is 30.3 Å². The first-order valence-electron chi connectivity index (χ1n) is 50.5. The van der Waals surface area contributed by atoms with Crippen LogP contribution in [0.5, 0.6) is 0 Å². The number of benzene rings is 10. The first kappa shape index (κ1) is 64.8. The Labute approximate surface area is 744 Å². The highest BCUT2D eigenvalue weighted by atomic mass is 19.1. The number of halogens is 2. The van der Waals surface area contributed by atoms with Gasteiger partial charge in [0.1, 0.15) is 46.9 Å².